The number of methoxy groups -OCH3 is 1. The summed E-state index contributed by atoms with van der Waals surface area (Å²) in [7, 11) is 2.96. The van der Waals surface area contributed by atoms with Crippen LogP contribution in [0.5, 0.6) is 0 Å². The minimum absolute atomic E-state index is 0.181. The molecule has 0 rings (SSSR count). The Morgan fingerprint density at radius 3 is 2.80 bits per heavy atom. The first-order chi connectivity index (χ1) is 4.70. The molecule has 10 heavy (non-hydrogen) atoms. The van der Waals surface area contributed by atoms with Gasteiger partial charge in [-0.2, -0.15) is 0 Å². The van der Waals surface area contributed by atoms with Gasteiger partial charge in [-0.15, -0.1) is 0 Å². The highest BCUT2D eigenvalue weighted by molar-refractivity contribution is 7.94. The van der Waals surface area contributed by atoms with E-state index in [0.29, 0.717) is 17.8 Å². The van der Waals surface area contributed by atoms with E-state index in [1.54, 1.807) is 0 Å². The molecule has 0 aliphatic carbocycles. The highest BCUT2D eigenvalue weighted by atomic mass is 32.2. The van der Waals surface area contributed by atoms with Gasteiger partial charge in [0, 0.05) is 7.05 Å². The van der Waals surface area contributed by atoms with Crippen molar-refractivity contribution >= 4 is 17.8 Å². The fraction of sp³-hybridized carbons (Fsp3) is 0.750. The third-order valence-corrected chi connectivity index (χ3v) is 1.37. The Morgan fingerprint density at radius 2 is 2.50 bits per heavy atom. The molecule has 0 radical (unpaired) electrons. The van der Waals surface area contributed by atoms with Crippen LogP contribution in [0.25, 0.3) is 0 Å². The number of hydrogen-bond acceptors (Lipinski definition) is 5. The van der Waals surface area contributed by atoms with Crippen LogP contribution in [0.15, 0.2) is 4.99 Å². The van der Waals surface area contributed by atoms with Crippen molar-refractivity contribution in [1.29, 1.82) is 0 Å². The van der Waals surface area contributed by atoms with Gasteiger partial charge in [-0.3, -0.25) is 15.1 Å². The van der Waals surface area contributed by atoms with E-state index in [0.717, 1.165) is 0 Å². The number of nitrogens with zero attached hydrogens (tertiary/aromatic N) is 2. The van der Waals surface area contributed by atoms with Crippen molar-refractivity contribution < 1.29 is 9.07 Å². The molecule has 0 unspecified atom stereocenters. The van der Waals surface area contributed by atoms with E-state index >= 15 is 0 Å². The van der Waals surface area contributed by atoms with Crippen molar-refractivity contribution in [3.05, 3.63) is 10.1 Å². The second-order valence-corrected chi connectivity index (χ2v) is 2.16. The van der Waals surface area contributed by atoms with E-state index in [4.69, 9.17) is 0 Å². The Labute approximate surface area is 62.8 Å². The van der Waals surface area contributed by atoms with Crippen LogP contribution in [0.4, 0.5) is 0 Å². The molecule has 0 aliphatic heterocycles. The molecular formula is C4H8N2O3S. The SMILES string of the molecule is CN=C(CS[N+](=O)[O-])OC. The molecule has 0 spiro atoms. The van der Waals surface area contributed by atoms with Crippen LogP contribution in [-0.2, 0) is 4.74 Å². The van der Waals surface area contributed by atoms with Gasteiger partial charge in [0.15, 0.2) is 5.90 Å². The molecule has 0 aromatic carbocycles. The Morgan fingerprint density at radius 1 is 1.90 bits per heavy atom. The fourth-order valence-corrected chi connectivity index (χ4v) is 0.785. The zero-order valence-electron chi connectivity index (χ0n) is 5.73. The predicted octanol–water partition coefficient (Wildman–Crippen LogP) is 0.586. The Bertz CT molecular complexity index is 147. The van der Waals surface area contributed by atoms with Gasteiger partial charge in [-0.25, -0.2) is 0 Å². The predicted molar refractivity (Wildman–Crippen MR) is 39.8 cm³/mol. The van der Waals surface area contributed by atoms with Gasteiger partial charge in [-0.05, 0) is 0 Å². The second kappa shape index (κ2) is 5.04. The minimum atomic E-state index is -0.482. The normalized spacial score (nSPS) is 11.2. The molecule has 6 heteroatoms. The molecule has 5 nitrogen and oxygen atoms in total. The van der Waals surface area contributed by atoms with E-state index in [1.165, 1.54) is 14.2 Å². The van der Waals surface area contributed by atoms with Crippen LogP contribution >= 0.6 is 11.9 Å². The summed E-state index contributed by atoms with van der Waals surface area (Å²) in [5.74, 6) is 0.557. The van der Waals surface area contributed by atoms with Crippen molar-refractivity contribution in [1.82, 2.24) is 0 Å². The molecular weight excluding hydrogens is 156 g/mol. The van der Waals surface area contributed by atoms with Gasteiger partial charge < -0.3 is 4.74 Å². The van der Waals surface area contributed by atoms with Gasteiger partial charge >= 0.3 is 0 Å². The van der Waals surface area contributed by atoms with Crippen molar-refractivity contribution in [3.63, 3.8) is 0 Å². The maximum absolute atomic E-state index is 9.79. The summed E-state index contributed by atoms with van der Waals surface area (Å²) in [5, 5.41) is 9.79. The lowest BCUT2D eigenvalue weighted by molar-refractivity contribution is -0.283. The number of nitro groups is 1. The lowest BCUT2D eigenvalue weighted by Gasteiger charge is -1.96. The van der Waals surface area contributed by atoms with Crippen LogP contribution in [0.1, 0.15) is 0 Å². The molecule has 0 saturated carbocycles. The number of hydrogen-bond donors (Lipinski definition) is 0. The number of aliphatic imine (C=N–C) groups is 1. The maximum Gasteiger partial charge on any atom is 0.238 e. The van der Waals surface area contributed by atoms with Crippen molar-refractivity contribution in [3.8, 4) is 0 Å². The molecule has 0 N–H and O–H groups in total. The monoisotopic (exact) mass is 164 g/mol. The third-order valence-electron chi connectivity index (χ3n) is 0.778. The maximum atomic E-state index is 9.79. The highest BCUT2D eigenvalue weighted by Crippen LogP contribution is 2.00. The standard InChI is InChI=1S/C4H8N2O3S/c1-5-4(9-2)3-10-6(7)8/h3H2,1-2H3. The average Bonchev–Trinajstić information content (AvgIpc) is 1.90. The summed E-state index contributed by atoms with van der Waals surface area (Å²) in [6, 6.07) is 0. The van der Waals surface area contributed by atoms with E-state index in [-0.39, 0.29) is 5.75 Å². The summed E-state index contributed by atoms with van der Waals surface area (Å²) in [4.78, 5) is 13.4. The summed E-state index contributed by atoms with van der Waals surface area (Å²) in [6.07, 6.45) is 0. The van der Waals surface area contributed by atoms with Gasteiger partial charge in [0.05, 0.1) is 7.11 Å². The van der Waals surface area contributed by atoms with Crippen LogP contribution in [0.3, 0.4) is 0 Å². The third kappa shape index (κ3) is 4.13. The van der Waals surface area contributed by atoms with Gasteiger partial charge in [0.2, 0.25) is 11.9 Å². The van der Waals surface area contributed by atoms with Crippen LogP contribution in [0, 0.1) is 10.1 Å². The largest absolute Gasteiger partial charge is 0.484 e. The Hall–Kier alpha value is -0.780. The van der Waals surface area contributed by atoms with E-state index < -0.39 is 4.33 Å². The first-order valence-electron chi connectivity index (χ1n) is 2.47. The number of rotatable bonds is 3. The van der Waals surface area contributed by atoms with Gasteiger partial charge in [0.1, 0.15) is 10.1 Å². The first-order valence-corrected chi connectivity index (χ1v) is 3.42. The molecule has 0 bridgehead atoms. The number of ether oxygens (including phenoxy) is 1. The summed E-state index contributed by atoms with van der Waals surface area (Å²) in [5.41, 5.74) is 0. The smallest absolute Gasteiger partial charge is 0.238 e. The molecule has 0 aliphatic rings. The Balaban J connectivity index is 3.56. The molecule has 0 fully saturated rings. The van der Waals surface area contributed by atoms with Crippen molar-refractivity contribution in [2.24, 2.45) is 4.99 Å². The van der Waals surface area contributed by atoms with Crippen LogP contribution in [0.2, 0.25) is 0 Å². The van der Waals surface area contributed by atoms with E-state index in [2.05, 4.69) is 9.73 Å². The molecule has 0 atom stereocenters. The molecule has 0 aromatic heterocycles. The van der Waals surface area contributed by atoms with Gasteiger partial charge in [0.25, 0.3) is 0 Å². The first kappa shape index (κ1) is 9.22. The van der Waals surface area contributed by atoms with E-state index in [9.17, 15) is 10.1 Å². The zero-order chi connectivity index (χ0) is 7.98. The van der Waals surface area contributed by atoms with Crippen molar-refractivity contribution in [2.75, 3.05) is 19.9 Å². The van der Waals surface area contributed by atoms with E-state index in [1.807, 2.05) is 0 Å². The van der Waals surface area contributed by atoms with Crippen LogP contribution < -0.4 is 0 Å². The highest BCUT2D eigenvalue weighted by Gasteiger charge is 2.05. The minimum Gasteiger partial charge on any atom is -0.484 e. The molecule has 0 saturated heterocycles. The topological polar surface area (TPSA) is 64.7 Å². The van der Waals surface area contributed by atoms with Crippen molar-refractivity contribution in [2.45, 2.75) is 0 Å². The molecule has 0 aromatic rings. The van der Waals surface area contributed by atoms with Crippen LogP contribution in [-0.4, -0.2) is 30.1 Å². The molecule has 0 heterocycles. The summed E-state index contributed by atoms with van der Waals surface area (Å²) in [6.45, 7) is 0. The lowest BCUT2D eigenvalue weighted by atomic mass is 10.8. The molecule has 58 valence electrons. The fourth-order valence-electron chi connectivity index (χ4n) is 0.323. The second-order valence-electron chi connectivity index (χ2n) is 1.32. The zero-order valence-corrected chi connectivity index (χ0v) is 6.55. The average molecular weight is 164 g/mol. The lowest BCUT2D eigenvalue weighted by Crippen LogP contribution is -2.05. The summed E-state index contributed by atoms with van der Waals surface area (Å²) < 4.78 is 4.19. The molecule has 0 amide bonds. The Kier molecular flexibility index (Phi) is 4.65. The summed E-state index contributed by atoms with van der Waals surface area (Å²) >= 11 is 0.555. The quantitative estimate of drug-likeness (QED) is 0.201. The van der Waals surface area contributed by atoms with Gasteiger partial charge in [-0.1, -0.05) is 0 Å².